The van der Waals surface area contributed by atoms with E-state index in [0.29, 0.717) is 0 Å². The first-order valence-corrected chi connectivity index (χ1v) is 6.12. The van der Waals surface area contributed by atoms with Crippen LogP contribution < -0.4 is 5.32 Å². The van der Waals surface area contributed by atoms with Crippen LogP contribution in [0.2, 0.25) is 0 Å². The third-order valence-electron chi connectivity index (χ3n) is 3.37. The molecule has 1 aromatic rings. The van der Waals surface area contributed by atoms with Crippen molar-refractivity contribution in [3.8, 4) is 0 Å². The van der Waals surface area contributed by atoms with Crippen LogP contribution in [0, 0.1) is 6.92 Å². The molecule has 1 unspecified atom stereocenters. The molecule has 1 N–H and O–H groups in total. The van der Waals surface area contributed by atoms with Gasteiger partial charge in [-0.1, -0.05) is 29.8 Å². The molecule has 2 rings (SSSR count). The lowest BCUT2D eigenvalue weighted by Gasteiger charge is -2.18. The zero-order valence-electron chi connectivity index (χ0n) is 10.9. The minimum Gasteiger partial charge on any atom is -0.299 e. The molecule has 0 bridgehead atoms. The maximum Gasteiger partial charge on any atom is 0.246 e. The first-order chi connectivity index (χ1) is 8.49. The van der Waals surface area contributed by atoms with E-state index in [2.05, 4.69) is 11.4 Å². The first kappa shape index (κ1) is 12.8. The number of rotatable bonds is 3. The summed E-state index contributed by atoms with van der Waals surface area (Å²) in [6.07, 6.45) is 0.255. The van der Waals surface area contributed by atoms with E-state index in [1.165, 1.54) is 17.5 Å². The normalized spacial score (nSPS) is 21.5. The van der Waals surface area contributed by atoms with Crippen molar-refractivity contribution in [3.05, 3.63) is 35.4 Å². The summed E-state index contributed by atoms with van der Waals surface area (Å²) in [6.45, 7) is 4.04. The number of amides is 2. The fourth-order valence-electron chi connectivity index (χ4n) is 2.22. The van der Waals surface area contributed by atoms with Gasteiger partial charge in [0.25, 0.3) is 0 Å². The molecule has 0 aromatic heterocycles. The van der Waals surface area contributed by atoms with Crippen molar-refractivity contribution in [3.63, 3.8) is 0 Å². The molecule has 1 aromatic carbocycles. The Morgan fingerprint density at radius 1 is 1.39 bits per heavy atom. The molecular weight excluding hydrogens is 228 g/mol. The molecule has 96 valence electrons. The van der Waals surface area contributed by atoms with Gasteiger partial charge in [0, 0.05) is 13.1 Å². The van der Waals surface area contributed by atoms with E-state index in [0.717, 1.165) is 5.56 Å². The number of carbonyl (C=O) groups is 2. The van der Waals surface area contributed by atoms with Crippen LogP contribution in [0.1, 0.15) is 30.5 Å². The number of aryl methyl sites for hydroxylation is 1. The van der Waals surface area contributed by atoms with Crippen LogP contribution >= 0.6 is 0 Å². The third-order valence-corrected chi connectivity index (χ3v) is 3.37. The number of carbonyl (C=O) groups excluding carboxylic acids is 2. The van der Waals surface area contributed by atoms with Gasteiger partial charge < -0.3 is 0 Å². The fraction of sp³-hybridized carbons (Fsp3) is 0.429. The van der Waals surface area contributed by atoms with Gasteiger partial charge in [0.15, 0.2) is 0 Å². The van der Waals surface area contributed by atoms with E-state index >= 15 is 0 Å². The smallest absolute Gasteiger partial charge is 0.246 e. The second-order valence-corrected chi connectivity index (χ2v) is 4.85. The lowest BCUT2D eigenvalue weighted by molar-refractivity contribution is -0.137. The molecule has 4 nitrogen and oxygen atoms in total. The molecule has 1 heterocycles. The van der Waals surface area contributed by atoms with Gasteiger partial charge in [-0.05, 0) is 19.4 Å². The Hall–Kier alpha value is -1.68. The minimum absolute atomic E-state index is 0.0538. The van der Waals surface area contributed by atoms with E-state index in [9.17, 15) is 9.59 Å². The van der Waals surface area contributed by atoms with Gasteiger partial charge in [-0.2, -0.15) is 0 Å². The Kier molecular flexibility index (Phi) is 3.48. The largest absolute Gasteiger partial charge is 0.299 e. The maximum atomic E-state index is 11.8. The van der Waals surface area contributed by atoms with Crippen LogP contribution in [-0.4, -0.2) is 29.8 Å². The Labute approximate surface area is 107 Å². The second kappa shape index (κ2) is 4.90. The summed E-state index contributed by atoms with van der Waals surface area (Å²) < 4.78 is 0. The van der Waals surface area contributed by atoms with Crippen molar-refractivity contribution < 1.29 is 9.59 Å². The molecule has 2 amide bonds. The predicted octanol–water partition coefficient (Wildman–Crippen LogP) is 1.40. The highest BCUT2D eigenvalue weighted by molar-refractivity contribution is 6.05. The highest BCUT2D eigenvalue weighted by Gasteiger charge is 2.36. The monoisotopic (exact) mass is 246 g/mol. The molecule has 0 saturated carbocycles. The van der Waals surface area contributed by atoms with Crippen molar-refractivity contribution in [2.24, 2.45) is 0 Å². The number of likely N-dealkylation sites (tertiary alicyclic amines) is 1. The molecule has 1 aliphatic rings. The summed E-state index contributed by atoms with van der Waals surface area (Å²) >= 11 is 0. The van der Waals surface area contributed by atoms with Gasteiger partial charge in [-0.25, -0.2) is 0 Å². The average molecular weight is 246 g/mol. The molecule has 18 heavy (non-hydrogen) atoms. The highest BCUT2D eigenvalue weighted by Crippen LogP contribution is 2.18. The fourth-order valence-corrected chi connectivity index (χ4v) is 2.22. The van der Waals surface area contributed by atoms with Crippen LogP contribution in [0.25, 0.3) is 0 Å². The number of hydrogen-bond acceptors (Lipinski definition) is 3. The highest BCUT2D eigenvalue weighted by atomic mass is 16.2. The molecule has 0 spiro atoms. The van der Waals surface area contributed by atoms with Crippen LogP contribution in [0.5, 0.6) is 0 Å². The predicted molar refractivity (Wildman–Crippen MR) is 68.9 cm³/mol. The van der Waals surface area contributed by atoms with Gasteiger partial charge in [-0.3, -0.25) is 19.8 Å². The van der Waals surface area contributed by atoms with Gasteiger partial charge in [0.1, 0.15) is 0 Å². The second-order valence-electron chi connectivity index (χ2n) is 4.85. The third kappa shape index (κ3) is 2.43. The number of hydrogen-bond donors (Lipinski definition) is 1. The Balaban J connectivity index is 2.06. The molecular formula is C14H18N2O2. The Morgan fingerprint density at radius 3 is 2.67 bits per heavy atom. The number of nitrogens with one attached hydrogen (secondary N) is 1. The molecule has 1 aliphatic heterocycles. The average Bonchev–Trinajstić information content (AvgIpc) is 2.57. The summed E-state index contributed by atoms with van der Waals surface area (Å²) in [6, 6.07) is 7.81. The van der Waals surface area contributed by atoms with E-state index in [-0.39, 0.29) is 24.3 Å². The lowest BCUT2D eigenvalue weighted by atomic mass is 10.0. The number of nitrogens with zero attached hydrogens (tertiary/aromatic N) is 1. The Bertz CT molecular complexity index is 484. The molecule has 1 fully saturated rings. The van der Waals surface area contributed by atoms with Gasteiger partial charge >= 0.3 is 0 Å². The summed E-state index contributed by atoms with van der Waals surface area (Å²) in [5, 5.41) is 3.22. The van der Waals surface area contributed by atoms with Crippen molar-refractivity contribution in [1.82, 2.24) is 10.2 Å². The Morgan fingerprint density at radius 2 is 2.11 bits per heavy atom. The zero-order chi connectivity index (χ0) is 13.3. The van der Waals surface area contributed by atoms with Crippen molar-refractivity contribution in [2.75, 3.05) is 7.05 Å². The van der Waals surface area contributed by atoms with E-state index in [1.807, 2.05) is 32.0 Å². The van der Waals surface area contributed by atoms with E-state index in [1.54, 1.807) is 0 Å². The summed E-state index contributed by atoms with van der Waals surface area (Å²) in [5.41, 5.74) is 2.32. The van der Waals surface area contributed by atoms with Crippen LogP contribution in [0.3, 0.4) is 0 Å². The molecule has 0 radical (unpaired) electrons. The quantitative estimate of drug-likeness (QED) is 0.820. The number of imide groups is 1. The van der Waals surface area contributed by atoms with Gasteiger partial charge in [0.2, 0.25) is 11.8 Å². The molecule has 1 saturated heterocycles. The summed E-state index contributed by atoms with van der Waals surface area (Å²) in [5.74, 6) is -0.256. The van der Waals surface area contributed by atoms with Crippen molar-refractivity contribution in [2.45, 2.75) is 32.4 Å². The SMILES string of the molecule is Cc1cccc([C@@H](C)NC2CC(=O)N(C)C2=O)c1. The van der Waals surface area contributed by atoms with Gasteiger partial charge in [-0.15, -0.1) is 0 Å². The van der Waals surface area contributed by atoms with Crippen LogP contribution in [-0.2, 0) is 9.59 Å². The standard InChI is InChI=1S/C14H18N2O2/c1-9-5-4-6-11(7-9)10(2)15-12-8-13(17)16(3)14(12)18/h4-7,10,12,15H,8H2,1-3H3/t10-,12?/m1/s1. The molecule has 4 heteroatoms. The zero-order valence-corrected chi connectivity index (χ0v) is 10.9. The van der Waals surface area contributed by atoms with Crippen molar-refractivity contribution >= 4 is 11.8 Å². The van der Waals surface area contributed by atoms with Crippen molar-refractivity contribution in [1.29, 1.82) is 0 Å². The number of benzene rings is 1. The first-order valence-electron chi connectivity index (χ1n) is 6.12. The molecule has 0 aliphatic carbocycles. The van der Waals surface area contributed by atoms with Crippen LogP contribution in [0.15, 0.2) is 24.3 Å². The van der Waals surface area contributed by atoms with Crippen LogP contribution in [0.4, 0.5) is 0 Å². The number of likely N-dealkylation sites (N-methyl/N-ethyl adjacent to an activating group) is 1. The van der Waals surface area contributed by atoms with E-state index < -0.39 is 6.04 Å². The minimum atomic E-state index is -0.391. The summed E-state index contributed by atoms with van der Waals surface area (Å²) in [4.78, 5) is 24.4. The topological polar surface area (TPSA) is 49.4 Å². The molecule has 2 atom stereocenters. The van der Waals surface area contributed by atoms with Gasteiger partial charge in [0.05, 0.1) is 12.5 Å². The lowest BCUT2D eigenvalue weighted by Crippen LogP contribution is -2.38. The maximum absolute atomic E-state index is 11.8. The summed E-state index contributed by atoms with van der Waals surface area (Å²) in [7, 11) is 1.53. The van der Waals surface area contributed by atoms with E-state index in [4.69, 9.17) is 0 Å².